The second kappa shape index (κ2) is 8.50. The summed E-state index contributed by atoms with van der Waals surface area (Å²) in [5.74, 6) is 2.07. The molecule has 8 rings (SSSR count). The normalized spacial score (nSPS) is 23.6. The van der Waals surface area contributed by atoms with Crippen LogP contribution in [0.15, 0.2) is 84.9 Å². The Morgan fingerprint density at radius 1 is 0.590 bits per heavy atom. The van der Waals surface area contributed by atoms with Crippen molar-refractivity contribution in [3.8, 4) is 11.1 Å². The van der Waals surface area contributed by atoms with E-state index in [0.717, 1.165) is 48.0 Å². The van der Waals surface area contributed by atoms with Gasteiger partial charge in [-0.2, -0.15) is 15.4 Å². The minimum Gasteiger partial charge on any atom is -0.338 e. The molecule has 2 unspecified atom stereocenters. The Balaban J connectivity index is 0.950. The van der Waals surface area contributed by atoms with Crippen LogP contribution in [0.1, 0.15) is 20.7 Å². The number of benzene rings is 4. The van der Waals surface area contributed by atoms with Crippen molar-refractivity contribution >= 4 is 33.6 Å². The molecular weight excluding hydrogens is 486 g/mol. The third kappa shape index (κ3) is 3.56. The van der Waals surface area contributed by atoms with Gasteiger partial charge in [-0.1, -0.05) is 48.5 Å². The van der Waals surface area contributed by atoms with E-state index in [4.69, 9.17) is 0 Å². The minimum atomic E-state index is 0.0619. The van der Waals surface area contributed by atoms with Gasteiger partial charge in [-0.15, -0.1) is 0 Å². The first-order valence-corrected chi connectivity index (χ1v) is 13.6. The summed E-state index contributed by atoms with van der Waals surface area (Å²) >= 11 is 0. The lowest BCUT2D eigenvalue weighted by Gasteiger charge is -2.42. The smallest absolute Gasteiger partial charge is 0.253 e. The maximum Gasteiger partial charge on any atom is 0.253 e. The SMILES string of the molecule is O=C(c1ccc2cc(-c3ccccc3)ccc2c1)N1CC2C(C1)[C@@H]1CN(C(=O)c3ccc4n[nH]nc4c3)C[C@H]21. The van der Waals surface area contributed by atoms with E-state index in [0.29, 0.717) is 34.8 Å². The molecule has 0 bridgehead atoms. The van der Waals surface area contributed by atoms with Crippen LogP contribution < -0.4 is 0 Å². The fraction of sp³-hybridized carbons (Fsp3) is 0.250. The van der Waals surface area contributed by atoms with Crippen molar-refractivity contribution in [2.75, 3.05) is 26.2 Å². The van der Waals surface area contributed by atoms with Crippen LogP contribution in [-0.2, 0) is 0 Å². The molecule has 3 aliphatic rings. The first kappa shape index (κ1) is 22.5. The molecule has 4 atom stereocenters. The number of fused-ring (bicyclic) bond motifs is 6. The van der Waals surface area contributed by atoms with Gasteiger partial charge in [0.25, 0.3) is 11.8 Å². The first-order chi connectivity index (χ1) is 19.1. The molecule has 1 saturated carbocycles. The number of likely N-dealkylation sites (tertiary alicyclic amines) is 2. The number of nitrogens with one attached hydrogen (secondary N) is 1. The molecule has 5 aromatic rings. The van der Waals surface area contributed by atoms with Crippen molar-refractivity contribution < 1.29 is 9.59 Å². The van der Waals surface area contributed by atoms with Gasteiger partial charge in [0.05, 0.1) is 0 Å². The van der Waals surface area contributed by atoms with Crippen LogP contribution in [0.25, 0.3) is 32.9 Å². The van der Waals surface area contributed by atoms with Gasteiger partial charge < -0.3 is 9.80 Å². The highest BCUT2D eigenvalue weighted by Gasteiger charge is 2.59. The number of carbonyl (C=O) groups excluding carboxylic acids is 2. The van der Waals surface area contributed by atoms with E-state index in [-0.39, 0.29) is 11.8 Å². The second-order valence-corrected chi connectivity index (χ2v) is 11.2. The van der Waals surface area contributed by atoms with Crippen molar-refractivity contribution in [1.29, 1.82) is 0 Å². The first-order valence-electron chi connectivity index (χ1n) is 13.6. The van der Waals surface area contributed by atoms with E-state index in [1.54, 1.807) is 0 Å². The zero-order chi connectivity index (χ0) is 26.1. The van der Waals surface area contributed by atoms with Crippen LogP contribution in [0, 0.1) is 23.7 Å². The van der Waals surface area contributed by atoms with Gasteiger partial charge in [0.2, 0.25) is 0 Å². The number of aromatic amines is 1. The molecule has 2 amide bonds. The molecule has 3 heterocycles. The largest absolute Gasteiger partial charge is 0.338 e. The van der Waals surface area contributed by atoms with Crippen molar-refractivity contribution in [3.05, 3.63) is 96.1 Å². The Morgan fingerprint density at radius 3 is 1.85 bits per heavy atom. The molecule has 0 spiro atoms. The van der Waals surface area contributed by atoms with Crippen LogP contribution in [0.3, 0.4) is 0 Å². The summed E-state index contributed by atoms with van der Waals surface area (Å²) in [6, 6.07) is 28.3. The number of aromatic nitrogens is 3. The van der Waals surface area contributed by atoms with Gasteiger partial charge in [0.1, 0.15) is 11.0 Å². The van der Waals surface area contributed by atoms with Crippen molar-refractivity contribution in [3.63, 3.8) is 0 Å². The Kier molecular flexibility index (Phi) is 4.89. The number of hydrogen-bond donors (Lipinski definition) is 1. The third-order valence-corrected chi connectivity index (χ3v) is 9.26. The fourth-order valence-corrected chi connectivity index (χ4v) is 7.23. The van der Waals surface area contributed by atoms with Crippen molar-refractivity contribution in [2.24, 2.45) is 23.7 Å². The summed E-state index contributed by atoms with van der Waals surface area (Å²) in [7, 11) is 0. The molecule has 0 radical (unpaired) electrons. The third-order valence-electron chi connectivity index (χ3n) is 9.26. The lowest BCUT2D eigenvalue weighted by Crippen LogP contribution is -2.44. The number of hydrogen-bond acceptors (Lipinski definition) is 4. The predicted octanol–water partition coefficient (Wildman–Crippen LogP) is 4.87. The maximum atomic E-state index is 13.5. The lowest BCUT2D eigenvalue weighted by molar-refractivity contribution is 0.0629. The Hall–Kier alpha value is -4.52. The summed E-state index contributed by atoms with van der Waals surface area (Å²) in [4.78, 5) is 30.8. The number of amides is 2. The number of H-pyrrole nitrogens is 1. The highest BCUT2D eigenvalue weighted by molar-refractivity contribution is 6.00. The molecule has 3 fully saturated rings. The van der Waals surface area contributed by atoms with E-state index in [9.17, 15) is 9.59 Å². The summed E-state index contributed by atoms with van der Waals surface area (Å²) in [5, 5.41) is 13.0. The fourth-order valence-electron chi connectivity index (χ4n) is 7.23. The molecular formula is C32H27N5O2. The molecule has 2 saturated heterocycles. The van der Waals surface area contributed by atoms with Crippen LogP contribution in [0.4, 0.5) is 0 Å². The average molecular weight is 514 g/mol. The van der Waals surface area contributed by atoms with Crippen LogP contribution in [-0.4, -0.2) is 63.2 Å². The van der Waals surface area contributed by atoms with Gasteiger partial charge in [-0.3, -0.25) is 9.59 Å². The van der Waals surface area contributed by atoms with E-state index >= 15 is 0 Å². The lowest BCUT2D eigenvalue weighted by atomic mass is 9.60. The molecule has 192 valence electrons. The van der Waals surface area contributed by atoms with Crippen molar-refractivity contribution in [1.82, 2.24) is 25.2 Å². The highest BCUT2D eigenvalue weighted by Crippen LogP contribution is 2.54. The average Bonchev–Trinajstić information content (AvgIpc) is 3.71. The van der Waals surface area contributed by atoms with E-state index < -0.39 is 0 Å². The maximum absolute atomic E-state index is 13.5. The van der Waals surface area contributed by atoms with Gasteiger partial charge in [-0.05, 0) is 82.0 Å². The Morgan fingerprint density at radius 2 is 1.15 bits per heavy atom. The van der Waals surface area contributed by atoms with Gasteiger partial charge in [0.15, 0.2) is 0 Å². The molecule has 1 aromatic heterocycles. The standard InChI is InChI=1S/C32H27N5O2/c38-31(23-9-8-21-12-20(6-7-22(21)13-23)19-4-2-1-3-5-19)36-15-25-26(16-36)28-18-37(17-27(25)28)32(39)24-10-11-29-30(14-24)34-35-33-29/h1-14,25-28H,15-18H2,(H,33,34,35)/t25?,26?,27-,28+. The summed E-state index contributed by atoms with van der Waals surface area (Å²) < 4.78 is 0. The minimum absolute atomic E-state index is 0.0619. The summed E-state index contributed by atoms with van der Waals surface area (Å²) in [5.41, 5.74) is 5.24. The molecule has 1 aliphatic carbocycles. The van der Waals surface area contributed by atoms with Gasteiger partial charge in [-0.25, -0.2) is 0 Å². The number of carbonyl (C=O) groups is 2. The van der Waals surface area contributed by atoms with Crippen molar-refractivity contribution in [2.45, 2.75) is 0 Å². The van der Waals surface area contributed by atoms with Gasteiger partial charge in [0, 0.05) is 37.3 Å². The van der Waals surface area contributed by atoms with E-state index in [2.05, 4.69) is 51.8 Å². The molecule has 1 N–H and O–H groups in total. The number of nitrogens with zero attached hydrogens (tertiary/aromatic N) is 4. The molecule has 7 nitrogen and oxygen atoms in total. The monoisotopic (exact) mass is 513 g/mol. The predicted molar refractivity (Wildman–Crippen MR) is 149 cm³/mol. The number of rotatable bonds is 3. The van der Waals surface area contributed by atoms with Crippen LogP contribution in [0.2, 0.25) is 0 Å². The van der Waals surface area contributed by atoms with Gasteiger partial charge >= 0.3 is 0 Å². The quantitative estimate of drug-likeness (QED) is 0.373. The molecule has 2 aliphatic heterocycles. The zero-order valence-corrected chi connectivity index (χ0v) is 21.3. The highest BCUT2D eigenvalue weighted by atomic mass is 16.2. The zero-order valence-electron chi connectivity index (χ0n) is 21.3. The van der Waals surface area contributed by atoms with E-state index in [1.807, 2.05) is 58.3 Å². The molecule has 4 aromatic carbocycles. The van der Waals surface area contributed by atoms with Crippen LogP contribution in [0.5, 0.6) is 0 Å². The topological polar surface area (TPSA) is 82.2 Å². The summed E-state index contributed by atoms with van der Waals surface area (Å²) in [6.45, 7) is 3.09. The Labute approximate surface area is 225 Å². The molecule has 7 heteroatoms. The Bertz CT molecular complexity index is 1740. The summed E-state index contributed by atoms with van der Waals surface area (Å²) in [6.07, 6.45) is 0. The van der Waals surface area contributed by atoms with Crippen LogP contribution >= 0.6 is 0 Å². The molecule has 39 heavy (non-hydrogen) atoms. The second-order valence-electron chi connectivity index (χ2n) is 11.2. The van der Waals surface area contributed by atoms with E-state index in [1.165, 1.54) is 11.1 Å².